The minimum absolute atomic E-state index is 0.357. The Kier molecular flexibility index (Phi) is 5.71. The molecular formula is C20H20N2O4S. The number of nitrogens with zero attached hydrogens (tertiary/aromatic N) is 2. The summed E-state index contributed by atoms with van der Waals surface area (Å²) in [5.74, 6) is -0.479. The standard InChI is InChI=1S/C20H20N2O4S/c1-4-22(5-2)20-21-16-11-10-15(12-17(16)27-20)26-19(24)14-8-6-13(7-9-14)18(23)25-3/h6-12H,4-5H2,1-3H3. The third-order valence-electron chi connectivity index (χ3n) is 4.13. The van der Waals surface area contributed by atoms with Gasteiger partial charge in [0.25, 0.3) is 0 Å². The molecule has 0 saturated carbocycles. The molecule has 2 aromatic carbocycles. The van der Waals surface area contributed by atoms with Crippen LogP contribution in [0.4, 0.5) is 5.13 Å². The first-order valence-electron chi connectivity index (χ1n) is 8.61. The zero-order chi connectivity index (χ0) is 19.4. The lowest BCUT2D eigenvalue weighted by Gasteiger charge is -2.16. The van der Waals surface area contributed by atoms with E-state index in [0.717, 1.165) is 28.4 Å². The van der Waals surface area contributed by atoms with Gasteiger partial charge in [-0.25, -0.2) is 14.6 Å². The molecule has 0 aliphatic carbocycles. The van der Waals surface area contributed by atoms with Crippen molar-refractivity contribution in [3.63, 3.8) is 0 Å². The summed E-state index contributed by atoms with van der Waals surface area (Å²) >= 11 is 1.57. The van der Waals surface area contributed by atoms with Crippen LogP contribution in [-0.4, -0.2) is 37.1 Å². The average Bonchev–Trinajstić information content (AvgIpc) is 3.11. The van der Waals surface area contributed by atoms with Crippen LogP contribution in [-0.2, 0) is 4.74 Å². The van der Waals surface area contributed by atoms with Gasteiger partial charge in [0.1, 0.15) is 5.75 Å². The van der Waals surface area contributed by atoms with Crippen molar-refractivity contribution in [3.05, 3.63) is 53.6 Å². The van der Waals surface area contributed by atoms with E-state index in [1.54, 1.807) is 17.4 Å². The molecule has 0 aliphatic heterocycles. The molecule has 0 bridgehead atoms. The van der Waals surface area contributed by atoms with E-state index < -0.39 is 11.9 Å². The number of fused-ring (bicyclic) bond motifs is 1. The fourth-order valence-corrected chi connectivity index (χ4v) is 3.73. The van der Waals surface area contributed by atoms with E-state index in [0.29, 0.717) is 16.9 Å². The van der Waals surface area contributed by atoms with Crippen LogP contribution in [0.15, 0.2) is 42.5 Å². The van der Waals surface area contributed by atoms with Crippen molar-refractivity contribution in [2.45, 2.75) is 13.8 Å². The first-order valence-corrected chi connectivity index (χ1v) is 9.43. The smallest absolute Gasteiger partial charge is 0.343 e. The van der Waals surface area contributed by atoms with Crippen molar-refractivity contribution in [2.24, 2.45) is 0 Å². The highest BCUT2D eigenvalue weighted by Gasteiger charge is 2.13. The molecule has 1 heterocycles. The highest BCUT2D eigenvalue weighted by Crippen LogP contribution is 2.31. The van der Waals surface area contributed by atoms with Gasteiger partial charge in [0.2, 0.25) is 0 Å². The summed E-state index contributed by atoms with van der Waals surface area (Å²) in [4.78, 5) is 30.6. The van der Waals surface area contributed by atoms with Crippen molar-refractivity contribution >= 4 is 38.6 Å². The normalized spacial score (nSPS) is 10.6. The first-order chi connectivity index (χ1) is 13.0. The molecule has 7 heteroatoms. The van der Waals surface area contributed by atoms with Gasteiger partial charge in [-0.1, -0.05) is 11.3 Å². The molecule has 0 spiro atoms. The maximum Gasteiger partial charge on any atom is 0.343 e. The van der Waals surface area contributed by atoms with Crippen LogP contribution < -0.4 is 9.64 Å². The summed E-state index contributed by atoms with van der Waals surface area (Å²) in [6.45, 7) is 5.96. The number of benzene rings is 2. The summed E-state index contributed by atoms with van der Waals surface area (Å²) < 4.78 is 11.1. The Hall–Kier alpha value is -2.93. The van der Waals surface area contributed by atoms with E-state index in [2.05, 4.69) is 28.5 Å². The number of hydrogen-bond acceptors (Lipinski definition) is 7. The molecule has 3 rings (SSSR count). The van der Waals surface area contributed by atoms with Crippen LogP contribution in [0.25, 0.3) is 10.2 Å². The number of methoxy groups -OCH3 is 1. The highest BCUT2D eigenvalue weighted by atomic mass is 32.1. The second-order valence-corrected chi connectivity index (χ2v) is 6.77. The van der Waals surface area contributed by atoms with Crippen LogP contribution in [0.2, 0.25) is 0 Å². The minimum Gasteiger partial charge on any atom is -0.465 e. The number of hydrogen-bond donors (Lipinski definition) is 0. The largest absolute Gasteiger partial charge is 0.465 e. The highest BCUT2D eigenvalue weighted by molar-refractivity contribution is 7.22. The van der Waals surface area contributed by atoms with E-state index in [-0.39, 0.29) is 0 Å². The Morgan fingerprint density at radius 3 is 2.22 bits per heavy atom. The van der Waals surface area contributed by atoms with Gasteiger partial charge in [-0.2, -0.15) is 0 Å². The monoisotopic (exact) mass is 384 g/mol. The average molecular weight is 384 g/mol. The SMILES string of the molecule is CCN(CC)c1nc2ccc(OC(=O)c3ccc(C(=O)OC)cc3)cc2s1. The predicted octanol–water partition coefficient (Wildman–Crippen LogP) is 4.15. The van der Waals surface area contributed by atoms with E-state index in [1.807, 2.05) is 12.1 Å². The summed E-state index contributed by atoms with van der Waals surface area (Å²) in [7, 11) is 1.31. The molecule has 0 amide bonds. The van der Waals surface area contributed by atoms with Gasteiger partial charge in [-0.3, -0.25) is 0 Å². The maximum atomic E-state index is 12.3. The van der Waals surface area contributed by atoms with Crippen LogP contribution in [0.5, 0.6) is 5.75 Å². The summed E-state index contributed by atoms with van der Waals surface area (Å²) in [6, 6.07) is 11.5. The zero-order valence-electron chi connectivity index (χ0n) is 15.4. The number of carbonyl (C=O) groups is 2. The van der Waals surface area contributed by atoms with Crippen molar-refractivity contribution in [2.75, 3.05) is 25.1 Å². The Morgan fingerprint density at radius 2 is 1.63 bits per heavy atom. The van der Waals surface area contributed by atoms with Crippen molar-refractivity contribution in [1.82, 2.24) is 4.98 Å². The number of rotatable bonds is 6. The Bertz CT molecular complexity index is 962. The number of ether oxygens (including phenoxy) is 2. The third-order valence-corrected chi connectivity index (χ3v) is 5.21. The first kappa shape index (κ1) is 18.8. The van der Waals surface area contributed by atoms with Crippen molar-refractivity contribution in [1.29, 1.82) is 0 Å². The van der Waals surface area contributed by atoms with E-state index >= 15 is 0 Å². The molecule has 6 nitrogen and oxygen atoms in total. The van der Waals surface area contributed by atoms with Crippen molar-refractivity contribution in [3.8, 4) is 5.75 Å². The number of carbonyl (C=O) groups excluding carboxylic acids is 2. The molecule has 27 heavy (non-hydrogen) atoms. The molecular weight excluding hydrogens is 364 g/mol. The van der Waals surface area contributed by atoms with Crippen LogP contribution in [0.1, 0.15) is 34.6 Å². The summed E-state index contributed by atoms with van der Waals surface area (Å²) in [5.41, 5.74) is 1.61. The lowest BCUT2D eigenvalue weighted by atomic mass is 10.1. The van der Waals surface area contributed by atoms with Gasteiger partial charge in [-0.05, 0) is 50.2 Å². The molecule has 1 aromatic heterocycles. The van der Waals surface area contributed by atoms with Gasteiger partial charge < -0.3 is 14.4 Å². The molecule has 0 unspecified atom stereocenters. The lowest BCUT2D eigenvalue weighted by molar-refractivity contribution is 0.0599. The Morgan fingerprint density at radius 1 is 1.00 bits per heavy atom. The third kappa shape index (κ3) is 4.09. The van der Waals surface area contributed by atoms with Gasteiger partial charge >= 0.3 is 11.9 Å². The number of esters is 2. The molecule has 0 aliphatic rings. The number of aromatic nitrogens is 1. The Labute approximate surface area is 161 Å². The second-order valence-electron chi connectivity index (χ2n) is 5.76. The van der Waals surface area contributed by atoms with Crippen LogP contribution >= 0.6 is 11.3 Å². The molecule has 0 atom stereocenters. The van der Waals surface area contributed by atoms with Gasteiger partial charge in [0.05, 0.1) is 28.5 Å². The fourth-order valence-electron chi connectivity index (χ4n) is 2.61. The van der Waals surface area contributed by atoms with Gasteiger partial charge in [-0.15, -0.1) is 0 Å². The second kappa shape index (κ2) is 8.18. The molecule has 0 N–H and O–H groups in total. The molecule has 0 radical (unpaired) electrons. The number of thiazole rings is 1. The fraction of sp³-hybridized carbons (Fsp3) is 0.250. The van der Waals surface area contributed by atoms with E-state index in [9.17, 15) is 9.59 Å². The Balaban J connectivity index is 1.77. The summed E-state index contributed by atoms with van der Waals surface area (Å²) in [5, 5.41) is 0.955. The van der Waals surface area contributed by atoms with Gasteiger partial charge in [0, 0.05) is 19.2 Å². The molecule has 3 aromatic rings. The minimum atomic E-state index is -0.487. The maximum absolute atomic E-state index is 12.3. The topological polar surface area (TPSA) is 68.7 Å². The number of anilines is 1. The van der Waals surface area contributed by atoms with Crippen LogP contribution in [0.3, 0.4) is 0 Å². The van der Waals surface area contributed by atoms with E-state index in [4.69, 9.17) is 4.74 Å². The molecule has 0 saturated heterocycles. The van der Waals surface area contributed by atoms with E-state index in [1.165, 1.54) is 31.4 Å². The quantitative estimate of drug-likeness (QED) is 0.470. The van der Waals surface area contributed by atoms with Crippen molar-refractivity contribution < 1.29 is 19.1 Å². The molecule has 140 valence electrons. The van der Waals surface area contributed by atoms with Gasteiger partial charge in [0.15, 0.2) is 5.13 Å². The van der Waals surface area contributed by atoms with Crippen LogP contribution in [0, 0.1) is 0 Å². The molecule has 0 fully saturated rings. The summed E-state index contributed by atoms with van der Waals surface area (Å²) in [6.07, 6.45) is 0. The predicted molar refractivity (Wildman–Crippen MR) is 106 cm³/mol. The zero-order valence-corrected chi connectivity index (χ0v) is 16.2. The lowest BCUT2D eigenvalue weighted by Crippen LogP contribution is -2.21.